The molecule has 0 saturated heterocycles. The first-order chi connectivity index (χ1) is 10.6. The number of aromatic nitrogens is 1. The topological polar surface area (TPSA) is 81.4 Å². The van der Waals surface area contributed by atoms with Crippen molar-refractivity contribution >= 4 is 17.6 Å². The fourth-order valence-corrected chi connectivity index (χ4v) is 2.08. The van der Waals surface area contributed by atoms with Crippen molar-refractivity contribution in [3.63, 3.8) is 0 Å². The molecule has 0 aliphatic heterocycles. The third kappa shape index (κ3) is 3.33. The van der Waals surface area contributed by atoms with Gasteiger partial charge in [0, 0.05) is 5.69 Å². The van der Waals surface area contributed by atoms with Crippen molar-refractivity contribution in [3.8, 4) is 0 Å². The van der Waals surface area contributed by atoms with Gasteiger partial charge in [-0.05, 0) is 38.5 Å². The van der Waals surface area contributed by atoms with Crippen LogP contribution >= 0.6 is 0 Å². The monoisotopic (exact) mass is 302 g/mol. The van der Waals surface area contributed by atoms with Crippen molar-refractivity contribution in [2.24, 2.45) is 0 Å². The molecule has 6 heteroatoms. The number of benzene rings is 1. The van der Waals surface area contributed by atoms with E-state index in [-0.39, 0.29) is 5.91 Å². The van der Waals surface area contributed by atoms with Crippen LogP contribution in [0, 0.1) is 6.92 Å². The number of nitrogens with one attached hydrogen (secondary N) is 1. The number of nitrogens with zero attached hydrogens (tertiary/aromatic N) is 1. The van der Waals surface area contributed by atoms with Gasteiger partial charge in [-0.3, -0.25) is 4.79 Å². The number of ether oxygens (including phenoxy) is 1. The third-order valence-corrected chi connectivity index (χ3v) is 3.13. The van der Waals surface area contributed by atoms with Crippen LogP contribution in [0.25, 0.3) is 0 Å². The summed E-state index contributed by atoms with van der Waals surface area (Å²) in [5.74, 6) is -0.262. The summed E-state index contributed by atoms with van der Waals surface area (Å²) < 4.78 is 9.99. The molecule has 1 aromatic heterocycles. The zero-order valence-electron chi connectivity index (χ0n) is 12.8. The van der Waals surface area contributed by atoms with Gasteiger partial charge >= 0.3 is 5.97 Å². The van der Waals surface area contributed by atoms with E-state index < -0.39 is 5.97 Å². The standard InChI is InChI=1S/C16H18N2O4/c1-4-13-14(10(3)22-18-13)15(19)17-12-8-6-7-11(9-12)16(20)21-5-2/h6-9H,4-5H2,1-3H3,(H,17,19). The third-order valence-electron chi connectivity index (χ3n) is 3.13. The molecule has 2 aromatic rings. The van der Waals surface area contributed by atoms with Gasteiger partial charge in [0.15, 0.2) is 0 Å². The van der Waals surface area contributed by atoms with E-state index in [9.17, 15) is 9.59 Å². The lowest BCUT2D eigenvalue weighted by atomic mass is 10.1. The summed E-state index contributed by atoms with van der Waals surface area (Å²) in [6.45, 7) is 5.63. The summed E-state index contributed by atoms with van der Waals surface area (Å²) >= 11 is 0. The Hall–Kier alpha value is -2.63. The van der Waals surface area contributed by atoms with E-state index in [4.69, 9.17) is 9.26 Å². The number of rotatable bonds is 5. The number of aryl methyl sites for hydroxylation is 2. The van der Waals surface area contributed by atoms with Crippen LogP contribution in [0.1, 0.15) is 46.0 Å². The van der Waals surface area contributed by atoms with E-state index in [0.717, 1.165) is 0 Å². The van der Waals surface area contributed by atoms with Crippen LogP contribution in [-0.2, 0) is 11.2 Å². The van der Waals surface area contributed by atoms with Crippen LogP contribution in [0.15, 0.2) is 28.8 Å². The minimum atomic E-state index is -0.422. The second-order valence-corrected chi connectivity index (χ2v) is 4.67. The summed E-state index contributed by atoms with van der Waals surface area (Å²) in [5, 5.41) is 6.61. The van der Waals surface area contributed by atoms with Crippen molar-refractivity contribution in [2.45, 2.75) is 27.2 Å². The fourth-order valence-electron chi connectivity index (χ4n) is 2.08. The Morgan fingerprint density at radius 3 is 2.77 bits per heavy atom. The molecule has 1 amide bonds. The zero-order valence-corrected chi connectivity index (χ0v) is 12.8. The average molecular weight is 302 g/mol. The van der Waals surface area contributed by atoms with Gasteiger partial charge in [-0.2, -0.15) is 0 Å². The summed E-state index contributed by atoms with van der Waals surface area (Å²) in [6.07, 6.45) is 0.600. The summed E-state index contributed by atoms with van der Waals surface area (Å²) in [5.41, 5.74) is 1.94. The first-order valence-electron chi connectivity index (χ1n) is 7.10. The molecule has 0 atom stereocenters. The second-order valence-electron chi connectivity index (χ2n) is 4.67. The summed E-state index contributed by atoms with van der Waals surface area (Å²) in [4.78, 5) is 24.1. The minimum absolute atomic E-state index is 0.301. The highest BCUT2D eigenvalue weighted by Crippen LogP contribution is 2.18. The molecule has 116 valence electrons. The number of hydrogen-bond donors (Lipinski definition) is 1. The maximum atomic E-state index is 12.4. The van der Waals surface area contributed by atoms with Crippen molar-refractivity contribution < 1.29 is 18.8 Å². The molecule has 2 rings (SSSR count). The lowest BCUT2D eigenvalue weighted by molar-refractivity contribution is 0.0526. The van der Waals surface area contributed by atoms with Crippen LogP contribution in [0.4, 0.5) is 5.69 Å². The van der Waals surface area contributed by atoms with Crippen LogP contribution < -0.4 is 5.32 Å². The van der Waals surface area contributed by atoms with Crippen LogP contribution in [0.2, 0.25) is 0 Å². The normalized spacial score (nSPS) is 10.3. The van der Waals surface area contributed by atoms with E-state index in [1.807, 2.05) is 6.92 Å². The van der Waals surface area contributed by atoms with Crippen molar-refractivity contribution in [2.75, 3.05) is 11.9 Å². The molecule has 0 radical (unpaired) electrons. The highest BCUT2D eigenvalue weighted by molar-refractivity contribution is 6.06. The molecule has 0 saturated carbocycles. The quantitative estimate of drug-likeness (QED) is 0.859. The molecule has 0 aliphatic rings. The molecule has 1 N–H and O–H groups in total. The highest BCUT2D eigenvalue weighted by Gasteiger charge is 2.19. The van der Waals surface area contributed by atoms with Gasteiger partial charge < -0.3 is 14.6 Å². The zero-order chi connectivity index (χ0) is 16.1. The van der Waals surface area contributed by atoms with E-state index in [1.54, 1.807) is 38.1 Å². The molecule has 0 aliphatic carbocycles. The smallest absolute Gasteiger partial charge is 0.338 e. The molecule has 0 fully saturated rings. The van der Waals surface area contributed by atoms with Crippen molar-refractivity contribution in [1.29, 1.82) is 0 Å². The highest BCUT2D eigenvalue weighted by atomic mass is 16.5. The van der Waals surface area contributed by atoms with E-state index in [1.165, 1.54) is 0 Å². The number of amides is 1. The van der Waals surface area contributed by atoms with E-state index >= 15 is 0 Å². The van der Waals surface area contributed by atoms with Crippen LogP contribution in [-0.4, -0.2) is 23.6 Å². The van der Waals surface area contributed by atoms with Gasteiger partial charge in [-0.15, -0.1) is 0 Å². The van der Waals surface area contributed by atoms with Crippen molar-refractivity contribution in [3.05, 3.63) is 46.8 Å². The summed E-state index contributed by atoms with van der Waals surface area (Å²) in [7, 11) is 0. The number of anilines is 1. The minimum Gasteiger partial charge on any atom is -0.462 e. The van der Waals surface area contributed by atoms with Gasteiger partial charge in [-0.25, -0.2) is 4.79 Å². The molecule has 0 spiro atoms. The lowest BCUT2D eigenvalue weighted by Crippen LogP contribution is -2.15. The predicted molar refractivity (Wildman–Crippen MR) is 81.0 cm³/mol. The Kier molecular flexibility index (Phi) is 4.93. The molecule has 1 heterocycles. The van der Waals surface area contributed by atoms with E-state index in [0.29, 0.717) is 41.3 Å². The Bertz CT molecular complexity index is 691. The Labute approximate surface area is 128 Å². The van der Waals surface area contributed by atoms with Crippen LogP contribution in [0.5, 0.6) is 0 Å². The Balaban J connectivity index is 2.20. The molecule has 1 aromatic carbocycles. The summed E-state index contributed by atoms with van der Waals surface area (Å²) in [6, 6.07) is 6.60. The van der Waals surface area contributed by atoms with E-state index in [2.05, 4.69) is 10.5 Å². The number of esters is 1. The molecular formula is C16H18N2O4. The molecule has 0 unspecified atom stereocenters. The maximum absolute atomic E-state index is 12.4. The lowest BCUT2D eigenvalue weighted by Gasteiger charge is -2.07. The van der Waals surface area contributed by atoms with Gasteiger partial charge in [0.25, 0.3) is 5.91 Å². The average Bonchev–Trinajstić information content (AvgIpc) is 2.88. The van der Waals surface area contributed by atoms with Gasteiger partial charge in [0.2, 0.25) is 0 Å². The van der Waals surface area contributed by atoms with Crippen molar-refractivity contribution in [1.82, 2.24) is 5.16 Å². The Morgan fingerprint density at radius 2 is 2.09 bits per heavy atom. The molecule has 22 heavy (non-hydrogen) atoms. The molecule has 0 bridgehead atoms. The number of carbonyl (C=O) groups is 2. The second kappa shape index (κ2) is 6.89. The predicted octanol–water partition coefficient (Wildman–Crippen LogP) is 2.97. The molecular weight excluding hydrogens is 284 g/mol. The SMILES string of the molecule is CCOC(=O)c1cccc(NC(=O)c2c(CC)noc2C)c1. The van der Waals surface area contributed by atoms with Gasteiger partial charge in [0.05, 0.1) is 17.9 Å². The number of carbonyl (C=O) groups excluding carboxylic acids is 2. The molecule has 6 nitrogen and oxygen atoms in total. The fraction of sp³-hybridized carbons (Fsp3) is 0.312. The first kappa shape index (κ1) is 15.8. The maximum Gasteiger partial charge on any atom is 0.338 e. The number of hydrogen-bond acceptors (Lipinski definition) is 5. The largest absolute Gasteiger partial charge is 0.462 e. The first-order valence-corrected chi connectivity index (χ1v) is 7.10. The van der Waals surface area contributed by atoms with Crippen LogP contribution in [0.3, 0.4) is 0 Å². The Morgan fingerprint density at radius 1 is 1.32 bits per heavy atom. The van der Waals surface area contributed by atoms with Gasteiger partial charge in [0.1, 0.15) is 11.3 Å². The van der Waals surface area contributed by atoms with Gasteiger partial charge in [-0.1, -0.05) is 18.1 Å².